The van der Waals surface area contributed by atoms with Gasteiger partial charge in [-0.05, 0) is 124 Å². The molecule has 2 saturated heterocycles. The van der Waals surface area contributed by atoms with Gasteiger partial charge in [0, 0.05) is 85.9 Å². The first-order valence-corrected chi connectivity index (χ1v) is 22.7. The number of fused-ring (bicyclic) bond motifs is 2. The lowest BCUT2D eigenvalue weighted by Crippen LogP contribution is -2.40. The van der Waals surface area contributed by atoms with Gasteiger partial charge in [0.25, 0.3) is 5.91 Å². The Morgan fingerprint density at radius 1 is 0.950 bits per heavy atom. The van der Waals surface area contributed by atoms with E-state index in [1.165, 1.54) is 10.1 Å². The van der Waals surface area contributed by atoms with Gasteiger partial charge >= 0.3 is 5.69 Å². The maximum absolute atomic E-state index is 15.1. The number of aromatic nitrogens is 5. The van der Waals surface area contributed by atoms with Crippen LogP contribution in [0.25, 0.3) is 28.1 Å². The zero-order valence-corrected chi connectivity index (χ0v) is 35.7. The number of benzene rings is 3. The van der Waals surface area contributed by atoms with Crippen LogP contribution < -0.4 is 5.69 Å². The number of ether oxygens (including phenoxy) is 2. The lowest BCUT2D eigenvalue weighted by molar-refractivity contribution is 0.0654. The molecule has 9 rings (SSSR count). The van der Waals surface area contributed by atoms with Crippen LogP contribution in [-0.4, -0.2) is 83.8 Å². The molecule has 3 atom stereocenters. The van der Waals surface area contributed by atoms with Gasteiger partial charge in [0.2, 0.25) is 0 Å². The van der Waals surface area contributed by atoms with E-state index in [0.29, 0.717) is 70.1 Å². The normalized spacial score (nSPS) is 19.5. The van der Waals surface area contributed by atoms with E-state index in [9.17, 15) is 9.00 Å². The third kappa shape index (κ3) is 6.91. The Hall–Kier alpha value is -5.31. The van der Waals surface area contributed by atoms with Gasteiger partial charge in [-0.15, -0.1) is 0 Å². The SMILES string of the molecule is CC[S@](=O)(=NC)c1ccc(-n2ccn(-c3c4c(nn3-c3cc(C)c(F)c(C)c3)CCN(C(=O)c3cc5cc(C6CCOCC6)ccc5n3CC3CCCO3)[C@H]4C)c2=O)cc1. The largest absolute Gasteiger partial charge is 0.381 e. The summed E-state index contributed by atoms with van der Waals surface area (Å²) in [7, 11) is -0.993. The molecule has 3 aliphatic heterocycles. The smallest absolute Gasteiger partial charge is 0.338 e. The van der Waals surface area contributed by atoms with Crippen molar-refractivity contribution in [3.8, 4) is 17.2 Å². The minimum Gasteiger partial charge on any atom is -0.381 e. The van der Waals surface area contributed by atoms with Crippen LogP contribution in [0.2, 0.25) is 0 Å². The number of halogens is 1. The Bertz CT molecular complexity index is 2770. The van der Waals surface area contributed by atoms with E-state index >= 15 is 9.18 Å². The number of amides is 1. The minimum absolute atomic E-state index is 0.0182. The molecule has 3 aromatic heterocycles. The summed E-state index contributed by atoms with van der Waals surface area (Å²) in [4.78, 5) is 32.2. The van der Waals surface area contributed by atoms with Crippen molar-refractivity contribution in [2.24, 2.45) is 4.36 Å². The van der Waals surface area contributed by atoms with Crippen LogP contribution in [0.3, 0.4) is 0 Å². The van der Waals surface area contributed by atoms with Crippen LogP contribution in [-0.2, 0) is 32.2 Å². The first-order chi connectivity index (χ1) is 29.0. The fourth-order valence-corrected chi connectivity index (χ4v) is 10.8. The van der Waals surface area contributed by atoms with Gasteiger partial charge < -0.3 is 18.9 Å². The molecule has 12 nitrogen and oxygen atoms in total. The van der Waals surface area contributed by atoms with E-state index in [0.717, 1.165) is 67.7 Å². The molecule has 0 spiro atoms. The van der Waals surface area contributed by atoms with E-state index in [1.54, 1.807) is 78.9 Å². The van der Waals surface area contributed by atoms with Crippen LogP contribution in [0.4, 0.5) is 4.39 Å². The van der Waals surface area contributed by atoms with Gasteiger partial charge in [-0.3, -0.25) is 13.9 Å². The number of rotatable bonds is 9. The molecule has 0 aliphatic carbocycles. The van der Waals surface area contributed by atoms with Crippen LogP contribution in [0.1, 0.15) is 89.9 Å². The number of carbonyl (C=O) groups excluding carboxylic acids is 1. The average molecular weight is 834 g/mol. The number of imidazole rings is 1. The van der Waals surface area contributed by atoms with Crippen LogP contribution in [0, 0.1) is 19.7 Å². The zero-order valence-electron chi connectivity index (χ0n) is 34.9. The quantitative estimate of drug-likeness (QED) is 0.147. The number of nitrogens with zero attached hydrogens (tertiary/aromatic N) is 7. The van der Waals surface area contributed by atoms with Crippen molar-refractivity contribution < 1.29 is 22.9 Å². The lowest BCUT2D eigenvalue weighted by Gasteiger charge is -2.34. The third-order valence-corrected chi connectivity index (χ3v) is 15.2. The third-order valence-electron chi connectivity index (χ3n) is 12.8. The van der Waals surface area contributed by atoms with Crippen molar-refractivity contribution in [2.45, 2.75) is 89.3 Å². The highest BCUT2D eigenvalue weighted by molar-refractivity contribution is 7.93. The Morgan fingerprint density at radius 2 is 1.68 bits per heavy atom. The zero-order chi connectivity index (χ0) is 41.9. The summed E-state index contributed by atoms with van der Waals surface area (Å²) in [6.45, 7) is 10.5. The fraction of sp³-hybridized carbons (Fsp3) is 0.413. The molecule has 60 heavy (non-hydrogen) atoms. The van der Waals surface area contributed by atoms with Crippen molar-refractivity contribution in [1.29, 1.82) is 0 Å². The van der Waals surface area contributed by atoms with Crippen molar-refractivity contribution in [3.63, 3.8) is 0 Å². The topological polar surface area (TPSA) is 118 Å². The van der Waals surface area contributed by atoms with Gasteiger partial charge in [0.1, 0.15) is 17.3 Å². The maximum atomic E-state index is 15.1. The highest BCUT2D eigenvalue weighted by atomic mass is 32.2. The van der Waals surface area contributed by atoms with Gasteiger partial charge in [0.15, 0.2) is 0 Å². The molecule has 0 saturated carbocycles. The second-order valence-corrected chi connectivity index (χ2v) is 19.0. The van der Waals surface area contributed by atoms with Crippen molar-refractivity contribution in [3.05, 3.63) is 123 Å². The van der Waals surface area contributed by atoms with E-state index in [1.807, 2.05) is 24.8 Å². The predicted octanol–water partition coefficient (Wildman–Crippen LogP) is 7.83. The molecule has 1 unspecified atom stereocenters. The van der Waals surface area contributed by atoms with Crippen molar-refractivity contribution in [2.75, 3.05) is 39.2 Å². The molecule has 3 aliphatic rings. The Labute approximate surface area is 349 Å². The second kappa shape index (κ2) is 15.9. The van der Waals surface area contributed by atoms with Crippen molar-refractivity contribution >= 4 is 26.5 Å². The molecule has 3 aromatic carbocycles. The van der Waals surface area contributed by atoms with Crippen molar-refractivity contribution in [1.82, 2.24) is 28.4 Å². The maximum Gasteiger partial charge on any atom is 0.338 e. The molecule has 1 amide bonds. The monoisotopic (exact) mass is 833 g/mol. The predicted molar refractivity (Wildman–Crippen MR) is 230 cm³/mol. The fourth-order valence-electron chi connectivity index (χ4n) is 9.43. The average Bonchev–Trinajstić information content (AvgIpc) is 4.08. The summed E-state index contributed by atoms with van der Waals surface area (Å²) in [5.41, 5.74) is 6.16. The van der Waals surface area contributed by atoms with E-state index in [2.05, 4.69) is 27.1 Å². The Balaban J connectivity index is 1.14. The van der Waals surface area contributed by atoms with Gasteiger partial charge in [-0.25, -0.2) is 22.4 Å². The van der Waals surface area contributed by atoms with Crippen LogP contribution >= 0.6 is 0 Å². The Morgan fingerprint density at radius 3 is 2.37 bits per heavy atom. The highest BCUT2D eigenvalue weighted by Crippen LogP contribution is 2.38. The summed E-state index contributed by atoms with van der Waals surface area (Å²) in [6.07, 6.45) is 7.76. The molecule has 314 valence electrons. The number of carbonyl (C=O) groups is 1. The number of hydrogen-bond acceptors (Lipinski definition) is 7. The second-order valence-electron chi connectivity index (χ2n) is 16.3. The van der Waals surface area contributed by atoms with E-state index < -0.39 is 15.8 Å². The Kier molecular flexibility index (Phi) is 10.7. The molecular weight excluding hydrogens is 782 g/mol. The molecule has 0 N–H and O–H groups in total. The number of aryl methyl sites for hydroxylation is 2. The minimum atomic E-state index is -2.55. The molecule has 0 radical (unpaired) electrons. The summed E-state index contributed by atoms with van der Waals surface area (Å²) in [5, 5.41) is 6.13. The first-order valence-electron chi connectivity index (χ1n) is 21.1. The molecule has 14 heteroatoms. The molecule has 6 aromatic rings. The highest BCUT2D eigenvalue weighted by Gasteiger charge is 2.37. The summed E-state index contributed by atoms with van der Waals surface area (Å²) in [5.74, 6) is 0.885. The van der Waals surface area contributed by atoms with E-state index in [-0.39, 0.29) is 23.5 Å². The lowest BCUT2D eigenvalue weighted by atomic mass is 9.91. The number of hydrogen-bond donors (Lipinski definition) is 0. The van der Waals surface area contributed by atoms with Gasteiger partial charge in [-0.1, -0.05) is 13.0 Å². The summed E-state index contributed by atoms with van der Waals surface area (Å²) in [6, 6.07) is 18.7. The van der Waals surface area contributed by atoms with Gasteiger partial charge in [-0.2, -0.15) is 5.10 Å². The van der Waals surface area contributed by atoms with Crippen LogP contribution in [0.5, 0.6) is 0 Å². The van der Waals surface area contributed by atoms with E-state index in [4.69, 9.17) is 14.6 Å². The standard InChI is InChI=1S/C46H52FN7O5S/c1-6-60(57,48-5)38-12-10-35(11-13-38)51-19-20-52(46(51)56)44-42-31(4)50(18-15-39(42)49-54(44)36-24-29(2)43(47)30(3)25-36)45(55)41-27-34-26-33(32-16-22-58-23-17-32)9-14-40(34)53(41)28-37-8-7-21-59-37/h9-14,19-20,24-27,31-32,37H,6-8,15-18,21-23,28H2,1-5H3/t31-,37?,60+/m0/s1. The summed E-state index contributed by atoms with van der Waals surface area (Å²) < 4.78 is 51.1. The molecule has 0 bridgehead atoms. The first kappa shape index (κ1) is 40.1. The van der Waals surface area contributed by atoms with Crippen LogP contribution in [0.15, 0.2) is 87.1 Å². The summed E-state index contributed by atoms with van der Waals surface area (Å²) >= 11 is 0. The molecule has 6 heterocycles. The molecule has 2 fully saturated rings. The van der Waals surface area contributed by atoms with Gasteiger partial charge in [0.05, 0.1) is 38.9 Å². The molecular formula is C46H52FN7O5S.